The van der Waals surface area contributed by atoms with E-state index in [0.717, 1.165) is 13.0 Å². The first-order chi connectivity index (χ1) is 6.63. The molecular formula is C8H15BN2O3. The number of nitrogens with one attached hydrogen (secondary N) is 1. The summed E-state index contributed by atoms with van der Waals surface area (Å²) in [6, 6.07) is 0.138. The van der Waals surface area contributed by atoms with E-state index in [9.17, 15) is 9.82 Å². The molecular weight excluding hydrogens is 183 g/mol. The molecule has 2 N–H and O–H groups in total. The van der Waals surface area contributed by atoms with E-state index < -0.39 is 7.05 Å². The maximum absolute atomic E-state index is 11.4. The van der Waals surface area contributed by atoms with Gasteiger partial charge < -0.3 is 14.6 Å². The smallest absolute Gasteiger partial charge is 0.376 e. The highest BCUT2D eigenvalue weighted by molar-refractivity contribution is 6.45. The Morgan fingerprint density at radius 1 is 1.71 bits per heavy atom. The lowest BCUT2D eigenvalue weighted by Crippen LogP contribution is -2.58. The summed E-state index contributed by atoms with van der Waals surface area (Å²) >= 11 is 0. The van der Waals surface area contributed by atoms with Crippen molar-refractivity contribution in [2.75, 3.05) is 13.7 Å². The Morgan fingerprint density at radius 2 is 2.43 bits per heavy atom. The van der Waals surface area contributed by atoms with Gasteiger partial charge in [0.05, 0.1) is 7.11 Å². The Bertz CT molecular complexity index is 249. The number of hydrogen-bond donors (Lipinski definition) is 2. The summed E-state index contributed by atoms with van der Waals surface area (Å²) in [4.78, 5) is 13.3. The SMILES string of the molecule is COC(=O)[C@@H]1NC2CC1N(B(C)O)C2. The Kier molecular flexibility index (Phi) is 2.51. The van der Waals surface area contributed by atoms with Crippen molar-refractivity contribution in [1.82, 2.24) is 10.1 Å². The maximum atomic E-state index is 11.4. The van der Waals surface area contributed by atoms with Crippen LogP contribution in [-0.4, -0.2) is 54.6 Å². The molecule has 0 amide bonds. The lowest BCUT2D eigenvalue weighted by Gasteiger charge is -2.32. The molecule has 2 aliphatic heterocycles. The molecule has 0 aromatic rings. The van der Waals surface area contributed by atoms with Gasteiger partial charge in [-0.2, -0.15) is 0 Å². The van der Waals surface area contributed by atoms with E-state index in [1.165, 1.54) is 7.11 Å². The maximum Gasteiger partial charge on any atom is 0.376 e. The van der Waals surface area contributed by atoms with Crippen LogP contribution < -0.4 is 5.32 Å². The number of fused-ring (bicyclic) bond motifs is 2. The molecule has 0 spiro atoms. The Labute approximate surface area is 83.5 Å². The van der Waals surface area contributed by atoms with Crippen molar-refractivity contribution in [3.8, 4) is 0 Å². The largest absolute Gasteiger partial charge is 0.468 e. The van der Waals surface area contributed by atoms with Gasteiger partial charge in [-0.05, 0) is 13.2 Å². The van der Waals surface area contributed by atoms with Crippen LogP contribution in [0.5, 0.6) is 0 Å². The molecule has 3 atom stereocenters. The predicted molar refractivity (Wildman–Crippen MR) is 51.7 cm³/mol. The number of carbonyl (C=O) groups is 1. The van der Waals surface area contributed by atoms with Crippen LogP contribution >= 0.6 is 0 Å². The van der Waals surface area contributed by atoms with Gasteiger partial charge in [-0.1, -0.05) is 0 Å². The van der Waals surface area contributed by atoms with Crippen LogP contribution in [0, 0.1) is 0 Å². The topological polar surface area (TPSA) is 61.8 Å². The fourth-order valence-corrected chi connectivity index (χ4v) is 2.49. The molecule has 2 fully saturated rings. The number of hydrogen-bond acceptors (Lipinski definition) is 5. The third-order valence-electron chi connectivity index (χ3n) is 3.12. The van der Waals surface area contributed by atoms with Gasteiger partial charge in [-0.15, -0.1) is 0 Å². The number of carbonyl (C=O) groups excluding carboxylic acids is 1. The van der Waals surface area contributed by atoms with Crippen molar-refractivity contribution in [3.05, 3.63) is 0 Å². The minimum absolute atomic E-state index is 0.0902. The van der Waals surface area contributed by atoms with Gasteiger partial charge in [0.2, 0.25) is 0 Å². The second-order valence-electron chi connectivity index (χ2n) is 4.00. The average Bonchev–Trinajstić information content (AvgIpc) is 2.74. The average molecular weight is 198 g/mol. The molecule has 6 heteroatoms. The van der Waals surface area contributed by atoms with Crippen molar-refractivity contribution >= 4 is 13.0 Å². The van der Waals surface area contributed by atoms with Crippen molar-refractivity contribution in [3.63, 3.8) is 0 Å². The Balaban J connectivity index is 2.07. The van der Waals surface area contributed by atoms with E-state index >= 15 is 0 Å². The fraction of sp³-hybridized carbons (Fsp3) is 0.875. The van der Waals surface area contributed by atoms with Crippen LogP contribution in [0.15, 0.2) is 0 Å². The second-order valence-corrected chi connectivity index (χ2v) is 4.00. The van der Waals surface area contributed by atoms with Crippen LogP contribution in [0.4, 0.5) is 0 Å². The van der Waals surface area contributed by atoms with Gasteiger partial charge in [0.25, 0.3) is 0 Å². The number of rotatable bonds is 2. The highest BCUT2D eigenvalue weighted by Crippen LogP contribution is 2.28. The van der Waals surface area contributed by atoms with E-state index in [0.29, 0.717) is 6.04 Å². The minimum atomic E-state index is -0.487. The van der Waals surface area contributed by atoms with Crippen LogP contribution in [0.2, 0.25) is 6.82 Å². The Morgan fingerprint density at radius 3 is 2.93 bits per heavy atom. The van der Waals surface area contributed by atoms with Crippen molar-refractivity contribution in [2.24, 2.45) is 0 Å². The van der Waals surface area contributed by atoms with Gasteiger partial charge >= 0.3 is 13.0 Å². The molecule has 2 rings (SSSR count). The summed E-state index contributed by atoms with van der Waals surface area (Å²) in [5.74, 6) is -0.233. The molecule has 0 aromatic heterocycles. The molecule has 0 saturated carbocycles. The first-order valence-corrected chi connectivity index (χ1v) is 4.91. The normalized spacial score (nSPS) is 36.1. The number of piperazine rings is 1. The van der Waals surface area contributed by atoms with E-state index in [-0.39, 0.29) is 18.1 Å². The van der Waals surface area contributed by atoms with Crippen molar-refractivity contribution in [1.29, 1.82) is 0 Å². The van der Waals surface area contributed by atoms with Crippen molar-refractivity contribution in [2.45, 2.75) is 31.4 Å². The summed E-state index contributed by atoms with van der Waals surface area (Å²) in [5, 5.41) is 12.7. The zero-order chi connectivity index (χ0) is 10.3. The zero-order valence-corrected chi connectivity index (χ0v) is 8.43. The van der Waals surface area contributed by atoms with Crippen LogP contribution in [0.25, 0.3) is 0 Å². The summed E-state index contributed by atoms with van der Waals surface area (Å²) in [6.07, 6.45) is 0.921. The highest BCUT2D eigenvalue weighted by Gasteiger charge is 2.49. The molecule has 2 bridgehead atoms. The number of nitrogens with zero attached hydrogens (tertiary/aromatic N) is 1. The number of methoxy groups -OCH3 is 1. The van der Waals surface area contributed by atoms with Crippen LogP contribution in [0.1, 0.15) is 6.42 Å². The third-order valence-corrected chi connectivity index (χ3v) is 3.12. The summed E-state index contributed by atoms with van der Waals surface area (Å²) in [5.41, 5.74) is 0. The molecule has 2 saturated heterocycles. The van der Waals surface area contributed by atoms with Gasteiger partial charge in [-0.3, -0.25) is 10.1 Å². The second kappa shape index (κ2) is 3.53. The first-order valence-electron chi connectivity index (χ1n) is 4.91. The predicted octanol–water partition coefficient (Wildman–Crippen LogP) is -1.32. The van der Waals surface area contributed by atoms with Crippen LogP contribution in [-0.2, 0) is 9.53 Å². The fourth-order valence-electron chi connectivity index (χ4n) is 2.49. The van der Waals surface area contributed by atoms with E-state index in [4.69, 9.17) is 4.74 Å². The third kappa shape index (κ3) is 1.43. The van der Waals surface area contributed by atoms with E-state index in [1.807, 2.05) is 4.81 Å². The number of esters is 1. The molecule has 0 aliphatic carbocycles. The molecule has 2 unspecified atom stereocenters. The quantitative estimate of drug-likeness (QED) is 0.426. The van der Waals surface area contributed by atoms with E-state index in [1.54, 1.807) is 6.82 Å². The first kappa shape index (κ1) is 9.95. The standard InChI is InChI=1S/C8H15BN2O3/c1-9(13)11-4-5-3-6(11)7(10-5)8(12)14-2/h5-7,10,13H,3-4H2,1-2H3/t5?,6?,7-/m1/s1. The lowest BCUT2D eigenvalue weighted by molar-refractivity contribution is -0.144. The van der Waals surface area contributed by atoms with Gasteiger partial charge in [0.15, 0.2) is 0 Å². The molecule has 78 valence electrons. The molecule has 2 heterocycles. The molecule has 2 aliphatic rings. The van der Waals surface area contributed by atoms with Crippen LogP contribution in [0.3, 0.4) is 0 Å². The molecule has 5 nitrogen and oxygen atoms in total. The molecule has 0 aromatic carbocycles. The summed E-state index contributed by atoms with van der Waals surface area (Å²) < 4.78 is 4.71. The number of ether oxygens (including phenoxy) is 1. The molecule has 0 radical (unpaired) electrons. The molecule has 14 heavy (non-hydrogen) atoms. The highest BCUT2D eigenvalue weighted by atomic mass is 16.5. The zero-order valence-electron chi connectivity index (χ0n) is 8.43. The summed E-state index contributed by atoms with van der Waals surface area (Å²) in [7, 11) is 0.905. The van der Waals surface area contributed by atoms with Gasteiger partial charge in [-0.25, -0.2) is 0 Å². The Hall–Kier alpha value is -0.585. The minimum Gasteiger partial charge on any atom is -0.468 e. The van der Waals surface area contributed by atoms with E-state index in [2.05, 4.69) is 5.32 Å². The van der Waals surface area contributed by atoms with Gasteiger partial charge in [0.1, 0.15) is 6.04 Å². The lowest BCUT2D eigenvalue weighted by atomic mass is 9.83. The monoisotopic (exact) mass is 198 g/mol. The van der Waals surface area contributed by atoms with Crippen molar-refractivity contribution < 1.29 is 14.6 Å². The van der Waals surface area contributed by atoms with Gasteiger partial charge in [0, 0.05) is 18.6 Å². The summed E-state index contributed by atoms with van der Waals surface area (Å²) in [6.45, 7) is 2.55.